The molecule has 4 nitrogen and oxygen atoms in total. The highest BCUT2D eigenvalue weighted by molar-refractivity contribution is 6.36. The van der Waals surface area contributed by atoms with E-state index in [0.717, 1.165) is 33.3 Å². The lowest BCUT2D eigenvalue weighted by Crippen LogP contribution is -2.42. The van der Waals surface area contributed by atoms with Crippen LogP contribution in [0, 0.1) is 0 Å². The lowest BCUT2D eigenvalue weighted by molar-refractivity contribution is -0.145. The first-order valence-corrected chi connectivity index (χ1v) is 9.32. The number of hydrogen-bond donors (Lipinski definition) is 2. The van der Waals surface area contributed by atoms with E-state index in [1.807, 2.05) is 43.3 Å². The molecule has 6 heteroatoms. The lowest BCUT2D eigenvalue weighted by atomic mass is 9.95. The first-order chi connectivity index (χ1) is 12.6. The molecule has 1 unspecified atom stereocenters. The second kappa shape index (κ2) is 6.95. The predicted molar refractivity (Wildman–Crippen MR) is 105 cm³/mol. The number of esters is 1. The monoisotopic (exact) mass is 388 g/mol. The van der Waals surface area contributed by atoms with E-state index >= 15 is 0 Å². The highest BCUT2D eigenvalue weighted by Gasteiger charge is 2.29. The molecule has 0 aliphatic carbocycles. The number of nitrogens with one attached hydrogen (secondary N) is 2. The summed E-state index contributed by atoms with van der Waals surface area (Å²) in [6.45, 7) is 2.77. The van der Waals surface area contributed by atoms with Crippen LogP contribution in [0.3, 0.4) is 0 Å². The molecule has 0 radical (unpaired) electrons. The molecule has 2 heterocycles. The van der Waals surface area contributed by atoms with Crippen molar-refractivity contribution in [1.82, 2.24) is 10.3 Å². The van der Waals surface area contributed by atoms with Crippen molar-refractivity contribution in [2.75, 3.05) is 6.61 Å². The highest BCUT2D eigenvalue weighted by atomic mass is 35.5. The Morgan fingerprint density at radius 1 is 1.19 bits per heavy atom. The van der Waals surface area contributed by atoms with Gasteiger partial charge in [-0.05, 0) is 41.8 Å². The number of rotatable bonds is 3. The van der Waals surface area contributed by atoms with Crippen molar-refractivity contribution < 1.29 is 9.53 Å². The average Bonchev–Trinajstić information content (AvgIpc) is 3.03. The van der Waals surface area contributed by atoms with Crippen molar-refractivity contribution in [2.24, 2.45) is 0 Å². The van der Waals surface area contributed by atoms with Crippen LogP contribution in [0.4, 0.5) is 0 Å². The zero-order valence-electron chi connectivity index (χ0n) is 14.2. The fraction of sp³-hybridized carbons (Fsp3) is 0.250. The van der Waals surface area contributed by atoms with E-state index in [2.05, 4.69) is 10.3 Å². The first kappa shape index (κ1) is 17.4. The van der Waals surface area contributed by atoms with E-state index < -0.39 is 0 Å². The SMILES string of the molecule is CCOC(=O)C1Cc2[nH]c3c(Cl)ccc(-c4ccc(Cl)cc4)c3c2CN1. The van der Waals surface area contributed by atoms with E-state index in [-0.39, 0.29) is 12.0 Å². The van der Waals surface area contributed by atoms with Crippen LogP contribution in [0.2, 0.25) is 10.0 Å². The summed E-state index contributed by atoms with van der Waals surface area (Å²) in [5, 5.41) is 5.74. The van der Waals surface area contributed by atoms with E-state index in [1.54, 1.807) is 0 Å². The summed E-state index contributed by atoms with van der Waals surface area (Å²) < 4.78 is 5.14. The Hall–Kier alpha value is -2.01. The van der Waals surface area contributed by atoms with Gasteiger partial charge in [0, 0.05) is 29.1 Å². The van der Waals surface area contributed by atoms with Gasteiger partial charge in [0.05, 0.1) is 17.1 Å². The van der Waals surface area contributed by atoms with Crippen LogP contribution in [0.25, 0.3) is 22.0 Å². The standard InChI is InChI=1S/C20H18Cl2N2O2/c1-2-26-20(25)17-9-16-14(10-23-17)18-13(7-8-15(22)19(18)24-16)11-3-5-12(21)6-4-11/h3-8,17,23-24H,2,9-10H2,1H3. The summed E-state index contributed by atoms with van der Waals surface area (Å²) in [6.07, 6.45) is 0.555. The van der Waals surface area contributed by atoms with Crippen molar-refractivity contribution >= 4 is 40.1 Å². The molecule has 0 saturated carbocycles. The molecule has 1 aromatic heterocycles. The van der Waals surface area contributed by atoms with E-state index in [4.69, 9.17) is 27.9 Å². The summed E-state index contributed by atoms with van der Waals surface area (Å²) in [4.78, 5) is 15.5. The molecule has 26 heavy (non-hydrogen) atoms. The van der Waals surface area contributed by atoms with E-state index in [0.29, 0.717) is 29.6 Å². The number of aromatic amines is 1. The summed E-state index contributed by atoms with van der Waals surface area (Å²) in [6, 6.07) is 11.3. The van der Waals surface area contributed by atoms with Gasteiger partial charge in [-0.1, -0.05) is 41.4 Å². The molecule has 1 aliphatic rings. The van der Waals surface area contributed by atoms with Gasteiger partial charge >= 0.3 is 5.97 Å². The minimum Gasteiger partial charge on any atom is -0.465 e. The van der Waals surface area contributed by atoms with Crippen LogP contribution < -0.4 is 5.32 Å². The Labute approximate surface area is 161 Å². The molecular weight excluding hydrogens is 371 g/mol. The van der Waals surface area contributed by atoms with E-state index in [1.165, 1.54) is 0 Å². The summed E-state index contributed by atoms with van der Waals surface area (Å²) >= 11 is 12.5. The average molecular weight is 389 g/mol. The van der Waals surface area contributed by atoms with Crippen LogP contribution in [-0.2, 0) is 22.5 Å². The van der Waals surface area contributed by atoms with Crippen LogP contribution in [0.15, 0.2) is 36.4 Å². The smallest absolute Gasteiger partial charge is 0.323 e. The fourth-order valence-corrected chi connectivity index (χ4v) is 3.87. The number of carbonyl (C=O) groups excluding carboxylic acids is 1. The molecule has 2 aromatic carbocycles. The van der Waals surface area contributed by atoms with Crippen LogP contribution >= 0.6 is 23.2 Å². The maximum atomic E-state index is 12.1. The fourth-order valence-electron chi connectivity index (χ4n) is 3.54. The largest absolute Gasteiger partial charge is 0.465 e. The summed E-state index contributed by atoms with van der Waals surface area (Å²) in [5.74, 6) is -0.221. The predicted octanol–water partition coefficient (Wildman–Crippen LogP) is 4.72. The second-order valence-electron chi connectivity index (χ2n) is 6.32. The first-order valence-electron chi connectivity index (χ1n) is 8.56. The molecule has 0 fully saturated rings. The van der Waals surface area contributed by atoms with Crippen LogP contribution in [-0.4, -0.2) is 23.6 Å². The maximum absolute atomic E-state index is 12.1. The molecule has 3 aromatic rings. The van der Waals surface area contributed by atoms with Crippen LogP contribution in [0.5, 0.6) is 0 Å². The summed E-state index contributed by atoms with van der Waals surface area (Å²) in [7, 11) is 0. The third-order valence-corrected chi connectivity index (χ3v) is 5.32. The van der Waals surface area contributed by atoms with Gasteiger partial charge in [0.2, 0.25) is 0 Å². The zero-order chi connectivity index (χ0) is 18.3. The van der Waals surface area contributed by atoms with Gasteiger partial charge in [0.15, 0.2) is 0 Å². The third kappa shape index (κ3) is 2.98. The maximum Gasteiger partial charge on any atom is 0.323 e. The van der Waals surface area contributed by atoms with Crippen LogP contribution in [0.1, 0.15) is 18.2 Å². The number of aromatic nitrogens is 1. The number of benzene rings is 2. The Kier molecular flexibility index (Phi) is 4.65. The van der Waals surface area contributed by atoms with Gasteiger partial charge in [-0.2, -0.15) is 0 Å². The van der Waals surface area contributed by atoms with Crippen molar-refractivity contribution in [2.45, 2.75) is 25.9 Å². The molecule has 0 saturated heterocycles. The quantitative estimate of drug-likeness (QED) is 0.638. The molecule has 1 atom stereocenters. The van der Waals surface area contributed by atoms with Gasteiger partial charge in [-0.3, -0.25) is 10.1 Å². The van der Waals surface area contributed by atoms with Crippen molar-refractivity contribution in [3.8, 4) is 11.1 Å². The number of ether oxygens (including phenoxy) is 1. The Balaban J connectivity index is 1.82. The Morgan fingerprint density at radius 2 is 1.96 bits per heavy atom. The molecule has 1 aliphatic heterocycles. The minimum absolute atomic E-state index is 0.221. The molecule has 0 bridgehead atoms. The molecule has 134 valence electrons. The topological polar surface area (TPSA) is 54.1 Å². The number of hydrogen-bond acceptors (Lipinski definition) is 3. The lowest BCUT2D eigenvalue weighted by Gasteiger charge is -2.22. The second-order valence-corrected chi connectivity index (χ2v) is 7.17. The molecular formula is C20H18Cl2N2O2. The van der Waals surface area contributed by atoms with Gasteiger partial charge < -0.3 is 9.72 Å². The molecule has 2 N–H and O–H groups in total. The third-order valence-electron chi connectivity index (χ3n) is 4.76. The summed E-state index contributed by atoms with van der Waals surface area (Å²) in [5.41, 5.74) is 5.24. The van der Waals surface area contributed by atoms with Gasteiger partial charge in [-0.25, -0.2) is 0 Å². The Bertz CT molecular complexity index is 980. The molecule has 0 amide bonds. The van der Waals surface area contributed by atoms with Crippen molar-refractivity contribution in [3.63, 3.8) is 0 Å². The van der Waals surface area contributed by atoms with Gasteiger partial charge in [0.1, 0.15) is 6.04 Å². The molecule has 4 rings (SSSR count). The van der Waals surface area contributed by atoms with E-state index in [9.17, 15) is 4.79 Å². The zero-order valence-corrected chi connectivity index (χ0v) is 15.7. The normalized spacial score (nSPS) is 16.5. The number of H-pyrrole nitrogens is 1. The minimum atomic E-state index is -0.340. The van der Waals surface area contributed by atoms with Crippen molar-refractivity contribution in [3.05, 3.63) is 57.7 Å². The van der Waals surface area contributed by atoms with Gasteiger partial charge in [-0.15, -0.1) is 0 Å². The van der Waals surface area contributed by atoms with Gasteiger partial charge in [0.25, 0.3) is 0 Å². The number of fused-ring (bicyclic) bond motifs is 3. The van der Waals surface area contributed by atoms with Crippen molar-refractivity contribution in [1.29, 1.82) is 0 Å². The number of halogens is 2. The highest BCUT2D eigenvalue weighted by Crippen LogP contribution is 2.38. The molecule has 0 spiro atoms. The Morgan fingerprint density at radius 3 is 2.69 bits per heavy atom. The number of carbonyl (C=O) groups is 1.